The van der Waals surface area contributed by atoms with Crippen molar-refractivity contribution >= 4 is 22.0 Å². The molecule has 31 heavy (non-hydrogen) atoms. The van der Waals surface area contributed by atoms with Gasteiger partial charge in [-0.15, -0.1) is 0 Å². The third-order valence-electron chi connectivity index (χ3n) is 6.03. The van der Waals surface area contributed by atoms with Gasteiger partial charge in [0.05, 0.1) is 4.90 Å². The van der Waals surface area contributed by atoms with Gasteiger partial charge in [-0.25, -0.2) is 13.2 Å². The predicted molar refractivity (Wildman–Crippen MR) is 119 cm³/mol. The van der Waals surface area contributed by atoms with Crippen LogP contribution in [0.2, 0.25) is 0 Å². The Hall–Kier alpha value is -2.13. The number of aryl methyl sites for hydroxylation is 1. The maximum Gasteiger partial charge on any atom is 0.315 e. The van der Waals surface area contributed by atoms with Crippen molar-refractivity contribution in [2.75, 3.05) is 32.7 Å². The third-order valence-corrected chi connectivity index (χ3v) is 7.94. The molecule has 1 aromatic rings. The molecule has 2 N–H and O–H groups in total. The minimum atomic E-state index is -3.56. The second-order valence-electron chi connectivity index (χ2n) is 8.44. The minimum Gasteiger partial charge on any atom is -0.341 e. The third kappa shape index (κ3) is 6.67. The summed E-state index contributed by atoms with van der Waals surface area (Å²) in [7, 11) is -3.56. The van der Waals surface area contributed by atoms with Crippen LogP contribution in [0.25, 0.3) is 0 Å². The Morgan fingerprint density at radius 1 is 0.968 bits per heavy atom. The zero-order chi connectivity index (χ0) is 22.3. The normalized spacial score (nSPS) is 18.9. The van der Waals surface area contributed by atoms with Crippen molar-refractivity contribution < 1.29 is 18.0 Å². The Balaban J connectivity index is 1.43. The quantitative estimate of drug-likeness (QED) is 0.694. The van der Waals surface area contributed by atoms with E-state index >= 15 is 0 Å². The predicted octanol–water partition coefficient (Wildman–Crippen LogP) is 2.24. The molecule has 1 heterocycles. The molecule has 0 bridgehead atoms. The molecular formula is C22H34N4O4S. The number of rotatable bonds is 6. The lowest BCUT2D eigenvalue weighted by atomic mass is 9.96. The van der Waals surface area contributed by atoms with E-state index in [1.807, 2.05) is 6.92 Å². The zero-order valence-corrected chi connectivity index (χ0v) is 19.1. The molecule has 1 aliphatic carbocycles. The molecule has 2 fully saturated rings. The number of benzene rings is 1. The average molecular weight is 451 g/mol. The van der Waals surface area contributed by atoms with Gasteiger partial charge in [-0.1, -0.05) is 37.0 Å². The van der Waals surface area contributed by atoms with Crippen molar-refractivity contribution in [3.05, 3.63) is 29.8 Å². The van der Waals surface area contributed by atoms with Gasteiger partial charge in [0.15, 0.2) is 0 Å². The fourth-order valence-electron chi connectivity index (χ4n) is 4.17. The van der Waals surface area contributed by atoms with Crippen molar-refractivity contribution in [1.29, 1.82) is 0 Å². The SMILES string of the molecule is Cc1ccc(S(=O)(=O)N2CCCN(C(=O)CCNC(=O)NC3CCCCC3)CC2)cc1. The smallest absolute Gasteiger partial charge is 0.315 e. The highest BCUT2D eigenvalue weighted by molar-refractivity contribution is 7.89. The highest BCUT2D eigenvalue weighted by Gasteiger charge is 2.28. The lowest BCUT2D eigenvalue weighted by molar-refractivity contribution is -0.130. The Morgan fingerprint density at radius 3 is 2.39 bits per heavy atom. The number of nitrogens with zero attached hydrogens (tertiary/aromatic N) is 2. The molecule has 0 spiro atoms. The van der Waals surface area contributed by atoms with Crippen LogP contribution < -0.4 is 10.6 Å². The van der Waals surface area contributed by atoms with Gasteiger partial charge in [-0.2, -0.15) is 4.31 Å². The summed E-state index contributed by atoms with van der Waals surface area (Å²) in [4.78, 5) is 26.6. The van der Waals surface area contributed by atoms with E-state index in [1.54, 1.807) is 29.2 Å². The fraction of sp³-hybridized carbons (Fsp3) is 0.636. The van der Waals surface area contributed by atoms with Crippen LogP contribution in [0, 0.1) is 6.92 Å². The molecule has 1 saturated carbocycles. The summed E-state index contributed by atoms with van der Waals surface area (Å²) in [5.74, 6) is -0.0625. The Morgan fingerprint density at radius 2 is 1.68 bits per heavy atom. The van der Waals surface area contributed by atoms with Gasteiger partial charge < -0.3 is 15.5 Å². The van der Waals surface area contributed by atoms with Crippen molar-refractivity contribution in [3.63, 3.8) is 0 Å². The van der Waals surface area contributed by atoms with Gasteiger partial charge in [0.2, 0.25) is 15.9 Å². The summed E-state index contributed by atoms with van der Waals surface area (Å²) in [5.41, 5.74) is 1.01. The maximum atomic E-state index is 12.9. The largest absolute Gasteiger partial charge is 0.341 e. The summed E-state index contributed by atoms with van der Waals surface area (Å²) in [6.07, 6.45) is 6.36. The summed E-state index contributed by atoms with van der Waals surface area (Å²) in [6.45, 7) is 3.74. The topological polar surface area (TPSA) is 98.8 Å². The lowest BCUT2D eigenvalue weighted by Gasteiger charge is -2.23. The van der Waals surface area contributed by atoms with Crippen LogP contribution in [-0.4, -0.2) is 68.3 Å². The van der Waals surface area contributed by atoms with Crippen LogP contribution in [0.15, 0.2) is 29.2 Å². The molecule has 0 radical (unpaired) electrons. The first-order valence-corrected chi connectivity index (χ1v) is 12.7. The van der Waals surface area contributed by atoms with Crippen LogP contribution in [-0.2, 0) is 14.8 Å². The van der Waals surface area contributed by atoms with E-state index in [0.717, 1.165) is 31.2 Å². The van der Waals surface area contributed by atoms with E-state index in [2.05, 4.69) is 10.6 Å². The number of urea groups is 1. The summed E-state index contributed by atoms with van der Waals surface area (Å²) >= 11 is 0. The highest BCUT2D eigenvalue weighted by Crippen LogP contribution is 2.19. The maximum absolute atomic E-state index is 12.9. The summed E-state index contributed by atoms with van der Waals surface area (Å²) < 4.78 is 27.3. The summed E-state index contributed by atoms with van der Waals surface area (Å²) in [5, 5.41) is 5.75. The van der Waals surface area contributed by atoms with Crippen LogP contribution in [0.1, 0.15) is 50.5 Å². The second-order valence-corrected chi connectivity index (χ2v) is 10.4. The van der Waals surface area contributed by atoms with Crippen molar-refractivity contribution in [2.45, 2.75) is 62.8 Å². The molecule has 3 amide bonds. The average Bonchev–Trinajstić information content (AvgIpc) is 3.02. The van der Waals surface area contributed by atoms with Crippen LogP contribution in [0.5, 0.6) is 0 Å². The van der Waals surface area contributed by atoms with Gasteiger partial charge in [0.25, 0.3) is 0 Å². The molecule has 8 nitrogen and oxygen atoms in total. The first-order chi connectivity index (χ1) is 14.9. The first kappa shape index (κ1) is 23.5. The van der Waals surface area contributed by atoms with E-state index in [-0.39, 0.29) is 42.4 Å². The van der Waals surface area contributed by atoms with E-state index in [1.165, 1.54) is 10.7 Å². The number of hydrogen-bond acceptors (Lipinski definition) is 4. The van der Waals surface area contributed by atoms with Crippen molar-refractivity contribution in [1.82, 2.24) is 19.8 Å². The van der Waals surface area contributed by atoms with Gasteiger partial charge >= 0.3 is 6.03 Å². The van der Waals surface area contributed by atoms with Gasteiger partial charge in [0.1, 0.15) is 0 Å². The van der Waals surface area contributed by atoms with E-state index in [0.29, 0.717) is 26.1 Å². The molecule has 9 heteroatoms. The molecule has 0 atom stereocenters. The van der Waals surface area contributed by atoms with E-state index in [9.17, 15) is 18.0 Å². The second kappa shape index (κ2) is 10.9. The highest BCUT2D eigenvalue weighted by atomic mass is 32.2. The standard InChI is InChI=1S/C22H34N4O4S/c1-18-8-10-20(11-9-18)31(29,30)26-15-5-14-25(16-17-26)21(27)12-13-23-22(28)24-19-6-3-2-4-7-19/h8-11,19H,2-7,12-17H2,1H3,(H2,23,24,28). The number of carbonyl (C=O) groups is 2. The van der Waals surface area contributed by atoms with E-state index < -0.39 is 10.0 Å². The van der Waals surface area contributed by atoms with Crippen LogP contribution >= 0.6 is 0 Å². The molecule has 1 saturated heterocycles. The van der Waals surface area contributed by atoms with Crippen LogP contribution in [0.4, 0.5) is 4.79 Å². The molecule has 1 aromatic carbocycles. The molecule has 2 aliphatic rings. The fourth-order valence-corrected chi connectivity index (χ4v) is 5.64. The Bertz CT molecular complexity index is 851. The minimum absolute atomic E-state index is 0.0625. The van der Waals surface area contributed by atoms with Gasteiger partial charge in [-0.05, 0) is 38.3 Å². The van der Waals surface area contributed by atoms with Gasteiger partial charge in [-0.3, -0.25) is 4.79 Å². The number of sulfonamides is 1. The monoisotopic (exact) mass is 450 g/mol. The van der Waals surface area contributed by atoms with Crippen LogP contribution in [0.3, 0.4) is 0 Å². The van der Waals surface area contributed by atoms with Crippen molar-refractivity contribution in [3.8, 4) is 0 Å². The molecule has 3 rings (SSSR count). The molecule has 1 aliphatic heterocycles. The zero-order valence-electron chi connectivity index (χ0n) is 18.3. The number of carbonyl (C=O) groups excluding carboxylic acids is 2. The first-order valence-electron chi connectivity index (χ1n) is 11.3. The number of hydrogen-bond donors (Lipinski definition) is 2. The molecule has 0 aromatic heterocycles. The number of amides is 3. The molecular weight excluding hydrogens is 416 g/mol. The van der Waals surface area contributed by atoms with E-state index in [4.69, 9.17) is 0 Å². The van der Waals surface area contributed by atoms with Gasteiger partial charge in [0, 0.05) is 45.2 Å². The molecule has 172 valence electrons. The molecule has 0 unspecified atom stereocenters. The number of nitrogens with one attached hydrogen (secondary N) is 2. The Labute approximate surface area is 185 Å². The Kier molecular flexibility index (Phi) is 8.31. The lowest BCUT2D eigenvalue weighted by Crippen LogP contribution is -2.44. The summed E-state index contributed by atoms with van der Waals surface area (Å²) in [6, 6.07) is 6.85. The van der Waals surface area contributed by atoms with Crippen molar-refractivity contribution in [2.24, 2.45) is 0 Å².